The number of imidazole rings is 1. The first-order chi connectivity index (χ1) is 8.29. The summed E-state index contributed by atoms with van der Waals surface area (Å²) >= 11 is 0. The molecule has 84 valence electrons. The fourth-order valence-electron chi connectivity index (χ4n) is 1.89. The lowest BCUT2D eigenvalue weighted by Crippen LogP contribution is -1.96. The second-order valence-electron chi connectivity index (χ2n) is 3.82. The summed E-state index contributed by atoms with van der Waals surface area (Å²) in [6, 6.07) is 9.21. The average Bonchev–Trinajstić information content (AvgIpc) is 2.94. The molecule has 0 saturated heterocycles. The summed E-state index contributed by atoms with van der Waals surface area (Å²) in [5, 5.41) is 0. The molecule has 0 aliphatic rings. The largest absolute Gasteiger partial charge is 0.458 e. The second-order valence-corrected chi connectivity index (χ2v) is 3.82. The Labute approximate surface area is 97.5 Å². The highest BCUT2D eigenvalue weighted by Crippen LogP contribution is 2.22. The quantitative estimate of drug-likeness (QED) is 0.631. The van der Waals surface area contributed by atoms with Crippen molar-refractivity contribution in [2.24, 2.45) is 0 Å². The lowest BCUT2D eigenvalue weighted by Gasteiger charge is -2.01. The van der Waals surface area contributed by atoms with E-state index in [-0.39, 0.29) is 0 Å². The molecule has 0 N–H and O–H groups in total. The molecule has 0 amide bonds. The van der Waals surface area contributed by atoms with Crippen LogP contribution < -0.4 is 0 Å². The number of rotatable bonds is 2. The third kappa shape index (κ3) is 1.45. The maximum absolute atomic E-state index is 11.0. The molecule has 0 radical (unpaired) electrons. The van der Waals surface area contributed by atoms with Crippen LogP contribution in [-0.2, 0) is 0 Å². The predicted molar refractivity (Wildman–Crippen MR) is 63.0 cm³/mol. The van der Waals surface area contributed by atoms with Gasteiger partial charge >= 0.3 is 0 Å². The summed E-state index contributed by atoms with van der Waals surface area (Å²) in [5.74, 6) is 2.13. The molecule has 0 atom stereocenters. The number of pyridine rings is 1. The number of aromatic nitrogens is 2. The molecule has 3 rings (SSSR count). The molecule has 0 bridgehead atoms. The fraction of sp³-hybridized carbons (Fsp3) is 0.0769. The molecule has 17 heavy (non-hydrogen) atoms. The molecule has 0 saturated carbocycles. The monoisotopic (exact) mass is 226 g/mol. The van der Waals surface area contributed by atoms with Gasteiger partial charge in [0.2, 0.25) is 0 Å². The maximum Gasteiger partial charge on any atom is 0.181 e. The molecule has 0 unspecified atom stereocenters. The van der Waals surface area contributed by atoms with Gasteiger partial charge in [0, 0.05) is 0 Å². The lowest BCUT2D eigenvalue weighted by atomic mass is 10.3. The van der Waals surface area contributed by atoms with Gasteiger partial charge < -0.3 is 4.42 Å². The zero-order chi connectivity index (χ0) is 11.8. The van der Waals surface area contributed by atoms with Crippen LogP contribution in [0.5, 0.6) is 0 Å². The van der Waals surface area contributed by atoms with Gasteiger partial charge in [-0.15, -0.1) is 0 Å². The van der Waals surface area contributed by atoms with Crippen molar-refractivity contribution in [2.75, 3.05) is 0 Å². The van der Waals surface area contributed by atoms with Crippen LogP contribution in [0.4, 0.5) is 0 Å². The molecule has 0 aliphatic carbocycles. The van der Waals surface area contributed by atoms with Crippen molar-refractivity contribution in [3.63, 3.8) is 0 Å². The summed E-state index contributed by atoms with van der Waals surface area (Å²) in [4.78, 5) is 15.3. The zero-order valence-electron chi connectivity index (χ0n) is 9.25. The molecule has 3 heterocycles. The van der Waals surface area contributed by atoms with Crippen molar-refractivity contribution >= 4 is 11.8 Å². The molecule has 0 spiro atoms. The first kappa shape index (κ1) is 9.84. The number of aryl methyl sites for hydroxylation is 1. The highest BCUT2D eigenvalue weighted by molar-refractivity contribution is 5.76. The predicted octanol–water partition coefficient (Wildman–Crippen LogP) is 2.72. The van der Waals surface area contributed by atoms with E-state index >= 15 is 0 Å². The Bertz CT molecular complexity index is 694. The molecule has 0 aromatic carbocycles. The van der Waals surface area contributed by atoms with Crippen molar-refractivity contribution in [3.05, 3.63) is 48.0 Å². The Balaban J connectivity index is 2.33. The highest BCUT2D eigenvalue weighted by atomic mass is 16.3. The van der Waals surface area contributed by atoms with Gasteiger partial charge in [-0.05, 0) is 31.2 Å². The van der Waals surface area contributed by atoms with Gasteiger partial charge in [-0.25, -0.2) is 4.98 Å². The molecular weight excluding hydrogens is 216 g/mol. The van der Waals surface area contributed by atoms with Crippen LogP contribution in [0.2, 0.25) is 0 Å². The van der Waals surface area contributed by atoms with E-state index in [1.807, 2.05) is 31.2 Å². The number of nitrogens with zero attached hydrogens (tertiary/aromatic N) is 2. The Kier molecular flexibility index (Phi) is 2.08. The van der Waals surface area contributed by atoms with E-state index in [1.165, 1.54) is 0 Å². The third-order valence-electron chi connectivity index (χ3n) is 2.66. The first-order valence-electron chi connectivity index (χ1n) is 5.28. The Morgan fingerprint density at radius 3 is 2.88 bits per heavy atom. The van der Waals surface area contributed by atoms with E-state index < -0.39 is 0 Å². The van der Waals surface area contributed by atoms with E-state index in [0.717, 1.165) is 17.6 Å². The van der Waals surface area contributed by atoms with E-state index in [0.29, 0.717) is 17.3 Å². The van der Waals surface area contributed by atoms with Gasteiger partial charge in [0.15, 0.2) is 17.9 Å². The number of furan rings is 1. The average molecular weight is 226 g/mol. The van der Waals surface area contributed by atoms with Gasteiger partial charge in [0.1, 0.15) is 5.76 Å². The van der Waals surface area contributed by atoms with Crippen LogP contribution in [-0.4, -0.2) is 15.7 Å². The minimum atomic E-state index is 0.559. The number of hydrogen-bond acceptors (Lipinski definition) is 3. The first-order valence-corrected chi connectivity index (χ1v) is 5.28. The molecular formula is C13H10N2O2. The molecule has 4 heteroatoms. The van der Waals surface area contributed by atoms with Crippen molar-refractivity contribution in [2.45, 2.75) is 6.92 Å². The van der Waals surface area contributed by atoms with Gasteiger partial charge in [-0.1, -0.05) is 6.07 Å². The van der Waals surface area contributed by atoms with Crippen molar-refractivity contribution < 1.29 is 9.21 Å². The SMILES string of the molecule is Cc1ccc(-c2ncc3cccc(C=O)n23)o1. The van der Waals surface area contributed by atoms with Crippen molar-refractivity contribution in [1.82, 2.24) is 9.38 Å². The van der Waals surface area contributed by atoms with E-state index in [9.17, 15) is 4.79 Å². The topological polar surface area (TPSA) is 47.5 Å². The Hall–Kier alpha value is -2.36. The fourth-order valence-corrected chi connectivity index (χ4v) is 1.89. The van der Waals surface area contributed by atoms with Gasteiger partial charge in [-0.3, -0.25) is 9.20 Å². The number of fused-ring (bicyclic) bond motifs is 1. The highest BCUT2D eigenvalue weighted by Gasteiger charge is 2.12. The van der Waals surface area contributed by atoms with Crippen LogP contribution in [0.25, 0.3) is 17.1 Å². The molecule has 0 fully saturated rings. The third-order valence-corrected chi connectivity index (χ3v) is 2.66. The van der Waals surface area contributed by atoms with Crippen molar-refractivity contribution in [3.8, 4) is 11.6 Å². The summed E-state index contributed by atoms with van der Waals surface area (Å²) < 4.78 is 7.32. The zero-order valence-corrected chi connectivity index (χ0v) is 9.25. The summed E-state index contributed by atoms with van der Waals surface area (Å²) in [6.07, 6.45) is 2.54. The van der Waals surface area contributed by atoms with Crippen LogP contribution >= 0.6 is 0 Å². The number of carbonyl (C=O) groups is 1. The Morgan fingerprint density at radius 2 is 2.18 bits per heavy atom. The standard InChI is InChI=1S/C13H10N2O2/c1-9-5-6-12(17-9)13-14-7-10-3-2-4-11(8-16)15(10)13/h2-8H,1H3. The number of carbonyl (C=O) groups excluding carboxylic acids is 1. The molecule has 4 nitrogen and oxygen atoms in total. The summed E-state index contributed by atoms with van der Waals surface area (Å²) in [7, 11) is 0. The smallest absolute Gasteiger partial charge is 0.181 e. The van der Waals surface area contributed by atoms with Crippen LogP contribution in [0, 0.1) is 6.92 Å². The Morgan fingerprint density at radius 1 is 1.29 bits per heavy atom. The molecule has 0 aliphatic heterocycles. The van der Waals surface area contributed by atoms with Crippen LogP contribution in [0.1, 0.15) is 16.2 Å². The minimum absolute atomic E-state index is 0.559. The van der Waals surface area contributed by atoms with Crippen LogP contribution in [0.15, 0.2) is 40.9 Å². The number of aldehydes is 1. The minimum Gasteiger partial charge on any atom is -0.458 e. The van der Waals surface area contributed by atoms with Gasteiger partial charge in [-0.2, -0.15) is 0 Å². The molecule has 3 aromatic heterocycles. The van der Waals surface area contributed by atoms with Crippen molar-refractivity contribution in [1.29, 1.82) is 0 Å². The lowest BCUT2D eigenvalue weighted by molar-refractivity contribution is 0.111. The van der Waals surface area contributed by atoms with Crippen LogP contribution in [0.3, 0.4) is 0 Å². The summed E-state index contributed by atoms with van der Waals surface area (Å²) in [5.41, 5.74) is 1.43. The van der Waals surface area contributed by atoms with E-state index in [4.69, 9.17) is 4.42 Å². The molecule has 3 aromatic rings. The normalized spacial score (nSPS) is 10.9. The number of hydrogen-bond donors (Lipinski definition) is 0. The summed E-state index contributed by atoms with van der Waals surface area (Å²) in [6.45, 7) is 1.87. The van der Waals surface area contributed by atoms with Gasteiger partial charge in [0.05, 0.1) is 17.4 Å². The maximum atomic E-state index is 11.0. The second kappa shape index (κ2) is 3.59. The van der Waals surface area contributed by atoms with E-state index in [2.05, 4.69) is 4.98 Å². The van der Waals surface area contributed by atoms with E-state index in [1.54, 1.807) is 16.7 Å². The van der Waals surface area contributed by atoms with Gasteiger partial charge in [0.25, 0.3) is 0 Å².